The van der Waals surface area contributed by atoms with Crippen LogP contribution in [-0.4, -0.2) is 26.1 Å². The molecule has 6 heteroatoms. The number of amides is 1. The van der Waals surface area contributed by atoms with Gasteiger partial charge in [0.2, 0.25) is 0 Å². The lowest BCUT2D eigenvalue weighted by atomic mass is 10.0. The number of nitrogens with one attached hydrogen (secondary N) is 1. The van der Waals surface area contributed by atoms with Gasteiger partial charge in [-0.25, -0.2) is 4.68 Å². The van der Waals surface area contributed by atoms with Crippen molar-refractivity contribution >= 4 is 5.91 Å². The van der Waals surface area contributed by atoms with Crippen LogP contribution in [0.5, 0.6) is 0 Å². The molecular weight excluding hydrogens is 350 g/mol. The zero-order valence-electron chi connectivity index (χ0n) is 15.4. The number of nitrogens with zero attached hydrogens (tertiary/aromatic N) is 4. The summed E-state index contributed by atoms with van der Waals surface area (Å²) in [4.78, 5) is 12.6. The second-order valence-corrected chi connectivity index (χ2v) is 6.48. The number of rotatable bonds is 5. The third-order valence-electron chi connectivity index (χ3n) is 4.61. The van der Waals surface area contributed by atoms with E-state index in [1.807, 2.05) is 49.4 Å². The molecule has 0 bridgehead atoms. The first-order valence-corrected chi connectivity index (χ1v) is 9.00. The van der Waals surface area contributed by atoms with E-state index in [0.717, 1.165) is 16.8 Å². The van der Waals surface area contributed by atoms with Crippen LogP contribution >= 0.6 is 0 Å². The number of hydrogen-bond donors (Lipinski definition) is 1. The largest absolute Gasteiger partial charge is 0.346 e. The maximum absolute atomic E-state index is 12.6. The first-order chi connectivity index (χ1) is 13.7. The molecule has 4 rings (SSSR count). The molecule has 0 saturated carbocycles. The average Bonchev–Trinajstić information content (AvgIpc) is 3.29. The molecular formula is C22H19N5O. The number of benzene rings is 3. The lowest BCUT2D eigenvalue weighted by Crippen LogP contribution is -2.26. The van der Waals surface area contributed by atoms with Crippen molar-refractivity contribution in [3.63, 3.8) is 0 Å². The van der Waals surface area contributed by atoms with E-state index in [2.05, 4.69) is 45.1 Å². The van der Waals surface area contributed by atoms with Crippen molar-refractivity contribution in [3.05, 3.63) is 96.3 Å². The lowest BCUT2D eigenvalue weighted by Gasteiger charge is -2.15. The molecule has 1 N–H and O–H groups in total. The molecule has 138 valence electrons. The summed E-state index contributed by atoms with van der Waals surface area (Å²) < 4.78 is 1.54. The molecule has 0 aliphatic rings. The van der Waals surface area contributed by atoms with Crippen LogP contribution in [0.25, 0.3) is 16.8 Å². The number of carbonyl (C=O) groups is 1. The molecule has 0 aliphatic carbocycles. The minimum Gasteiger partial charge on any atom is -0.346 e. The molecule has 0 radical (unpaired) electrons. The summed E-state index contributed by atoms with van der Waals surface area (Å²) in [5, 5.41) is 14.1. The SMILES string of the molecule is C[C@H](NC(=O)c1ccc(-n2cnnn2)cc1)c1ccc(-c2ccccc2)cc1. The number of aromatic nitrogens is 4. The van der Waals surface area contributed by atoms with Gasteiger partial charge in [-0.3, -0.25) is 4.79 Å². The second kappa shape index (κ2) is 7.84. The van der Waals surface area contributed by atoms with E-state index in [0.29, 0.717) is 5.56 Å². The van der Waals surface area contributed by atoms with Crippen molar-refractivity contribution in [3.8, 4) is 16.8 Å². The quantitative estimate of drug-likeness (QED) is 0.580. The summed E-state index contributed by atoms with van der Waals surface area (Å²) in [7, 11) is 0. The number of carbonyl (C=O) groups excluding carboxylic acids is 1. The molecule has 1 aromatic heterocycles. The minimum absolute atomic E-state index is 0.100. The summed E-state index contributed by atoms with van der Waals surface area (Å²) in [6.07, 6.45) is 1.51. The van der Waals surface area contributed by atoms with Crippen molar-refractivity contribution in [2.75, 3.05) is 0 Å². The highest BCUT2D eigenvalue weighted by Gasteiger charge is 2.12. The molecule has 1 atom stereocenters. The highest BCUT2D eigenvalue weighted by Crippen LogP contribution is 2.22. The van der Waals surface area contributed by atoms with Gasteiger partial charge in [-0.15, -0.1) is 5.10 Å². The monoisotopic (exact) mass is 369 g/mol. The zero-order chi connectivity index (χ0) is 19.3. The summed E-state index contributed by atoms with van der Waals surface area (Å²) in [6.45, 7) is 1.98. The topological polar surface area (TPSA) is 72.7 Å². The Morgan fingerprint density at radius 2 is 1.57 bits per heavy atom. The van der Waals surface area contributed by atoms with Crippen molar-refractivity contribution < 1.29 is 4.79 Å². The average molecular weight is 369 g/mol. The Morgan fingerprint density at radius 1 is 0.893 bits per heavy atom. The van der Waals surface area contributed by atoms with E-state index in [9.17, 15) is 4.79 Å². The van der Waals surface area contributed by atoms with Crippen LogP contribution in [-0.2, 0) is 0 Å². The maximum atomic E-state index is 12.6. The van der Waals surface area contributed by atoms with Gasteiger partial charge in [0.15, 0.2) is 0 Å². The van der Waals surface area contributed by atoms with E-state index in [-0.39, 0.29) is 11.9 Å². The van der Waals surface area contributed by atoms with Gasteiger partial charge in [0, 0.05) is 5.56 Å². The molecule has 1 heterocycles. The van der Waals surface area contributed by atoms with Crippen LogP contribution in [0.3, 0.4) is 0 Å². The second-order valence-electron chi connectivity index (χ2n) is 6.48. The highest BCUT2D eigenvalue weighted by molar-refractivity contribution is 5.94. The van der Waals surface area contributed by atoms with E-state index < -0.39 is 0 Å². The van der Waals surface area contributed by atoms with Crippen molar-refractivity contribution in [2.24, 2.45) is 0 Å². The molecule has 1 amide bonds. The smallest absolute Gasteiger partial charge is 0.251 e. The third-order valence-corrected chi connectivity index (χ3v) is 4.61. The fourth-order valence-electron chi connectivity index (χ4n) is 3.00. The van der Waals surface area contributed by atoms with Crippen molar-refractivity contribution in [2.45, 2.75) is 13.0 Å². The molecule has 6 nitrogen and oxygen atoms in total. The maximum Gasteiger partial charge on any atom is 0.251 e. The lowest BCUT2D eigenvalue weighted by molar-refractivity contribution is 0.0940. The molecule has 0 saturated heterocycles. The van der Waals surface area contributed by atoms with Crippen LogP contribution < -0.4 is 5.32 Å². The Kier molecular flexibility index (Phi) is 4.93. The fourth-order valence-corrected chi connectivity index (χ4v) is 3.00. The first kappa shape index (κ1) is 17.6. The van der Waals surface area contributed by atoms with Crippen LogP contribution in [0, 0.1) is 0 Å². The Morgan fingerprint density at radius 3 is 2.21 bits per heavy atom. The summed E-state index contributed by atoms with van der Waals surface area (Å²) in [5.41, 5.74) is 4.77. The number of tetrazole rings is 1. The zero-order valence-corrected chi connectivity index (χ0v) is 15.4. The van der Waals surface area contributed by atoms with E-state index >= 15 is 0 Å². The molecule has 4 aromatic rings. The minimum atomic E-state index is -0.122. The van der Waals surface area contributed by atoms with Crippen LogP contribution in [0.1, 0.15) is 28.9 Å². The molecule has 0 spiro atoms. The van der Waals surface area contributed by atoms with Crippen LogP contribution in [0.4, 0.5) is 0 Å². The van der Waals surface area contributed by atoms with E-state index in [1.165, 1.54) is 11.9 Å². The Balaban J connectivity index is 1.43. The summed E-state index contributed by atoms with van der Waals surface area (Å²) in [6, 6.07) is 25.5. The third kappa shape index (κ3) is 3.81. The predicted octanol–water partition coefficient (Wildman–Crippen LogP) is 3.82. The van der Waals surface area contributed by atoms with Crippen molar-refractivity contribution in [1.82, 2.24) is 25.5 Å². The van der Waals surface area contributed by atoms with Gasteiger partial charge in [-0.2, -0.15) is 0 Å². The van der Waals surface area contributed by atoms with Gasteiger partial charge in [0.05, 0.1) is 11.7 Å². The van der Waals surface area contributed by atoms with E-state index in [1.54, 1.807) is 16.8 Å². The molecule has 0 fully saturated rings. The van der Waals surface area contributed by atoms with Gasteiger partial charge >= 0.3 is 0 Å². The summed E-state index contributed by atoms with van der Waals surface area (Å²) >= 11 is 0. The van der Waals surface area contributed by atoms with Crippen molar-refractivity contribution in [1.29, 1.82) is 0 Å². The van der Waals surface area contributed by atoms with Gasteiger partial charge in [0.25, 0.3) is 5.91 Å². The van der Waals surface area contributed by atoms with Gasteiger partial charge in [-0.1, -0.05) is 54.6 Å². The summed E-state index contributed by atoms with van der Waals surface area (Å²) in [5.74, 6) is -0.122. The van der Waals surface area contributed by atoms with Crippen LogP contribution in [0.2, 0.25) is 0 Å². The highest BCUT2D eigenvalue weighted by atomic mass is 16.1. The molecule has 0 unspecified atom stereocenters. The fraction of sp³-hybridized carbons (Fsp3) is 0.0909. The molecule has 0 aliphatic heterocycles. The van der Waals surface area contributed by atoms with Gasteiger partial charge < -0.3 is 5.32 Å². The standard InChI is InChI=1S/C22H19N5O/c1-16(17-7-9-19(10-8-17)18-5-3-2-4-6-18)24-22(28)20-11-13-21(14-12-20)27-15-23-25-26-27/h2-16H,1H3,(H,24,28)/t16-/m0/s1. The van der Waals surface area contributed by atoms with Gasteiger partial charge in [-0.05, 0) is 58.3 Å². The number of hydrogen-bond acceptors (Lipinski definition) is 4. The van der Waals surface area contributed by atoms with E-state index in [4.69, 9.17) is 0 Å². The molecule has 3 aromatic carbocycles. The van der Waals surface area contributed by atoms with Gasteiger partial charge in [0.1, 0.15) is 6.33 Å². The Bertz CT molecular complexity index is 1040. The Labute approximate surface area is 162 Å². The van der Waals surface area contributed by atoms with Crippen LogP contribution in [0.15, 0.2) is 85.2 Å². The normalized spacial score (nSPS) is 11.8. The predicted molar refractivity (Wildman–Crippen MR) is 107 cm³/mol. The Hall–Kier alpha value is -3.80. The first-order valence-electron chi connectivity index (χ1n) is 9.00. The molecule has 28 heavy (non-hydrogen) atoms.